The summed E-state index contributed by atoms with van der Waals surface area (Å²) in [4.78, 5) is 0. The Hall–Kier alpha value is -0.120. The second-order valence-electron chi connectivity index (χ2n) is 7.99. The summed E-state index contributed by atoms with van der Waals surface area (Å²) in [6, 6.07) is 1.48. The van der Waals surface area contributed by atoms with Crippen molar-refractivity contribution in [1.29, 1.82) is 0 Å². The lowest BCUT2D eigenvalue weighted by Crippen LogP contribution is -2.47. The number of rotatable bonds is 2. The van der Waals surface area contributed by atoms with Crippen LogP contribution in [-0.4, -0.2) is 36.5 Å². The van der Waals surface area contributed by atoms with Gasteiger partial charge in [0.05, 0.1) is 11.2 Å². The number of hydrogen-bond donors (Lipinski definition) is 1. The van der Waals surface area contributed by atoms with E-state index >= 15 is 0 Å². The molecule has 0 amide bonds. The quantitative estimate of drug-likeness (QED) is 0.844. The van der Waals surface area contributed by atoms with Crippen LogP contribution >= 0.6 is 0 Å². The van der Waals surface area contributed by atoms with Crippen molar-refractivity contribution in [1.82, 2.24) is 5.32 Å². The smallest absolute Gasteiger partial charge is 0.0684 e. The molecule has 2 saturated heterocycles. The Morgan fingerprint density at radius 2 is 1.05 bits per heavy atom. The van der Waals surface area contributed by atoms with Gasteiger partial charge in [-0.3, -0.25) is 0 Å². The van der Waals surface area contributed by atoms with Gasteiger partial charge in [0.1, 0.15) is 0 Å². The van der Waals surface area contributed by atoms with Gasteiger partial charge in [0.2, 0.25) is 0 Å². The molecule has 120 valence electrons. The second kappa shape index (κ2) is 5.82. The summed E-state index contributed by atoms with van der Waals surface area (Å²) in [6.45, 7) is 2.01. The van der Waals surface area contributed by atoms with Crippen molar-refractivity contribution in [2.45, 2.75) is 100 Å². The zero-order chi connectivity index (χ0) is 14.2. The molecule has 2 aliphatic carbocycles. The van der Waals surface area contributed by atoms with Gasteiger partial charge in [0.15, 0.2) is 0 Å². The van der Waals surface area contributed by atoms with E-state index in [-0.39, 0.29) is 11.2 Å². The molecule has 4 aliphatic rings. The SMILES string of the molecule is C1COC2(C1)CCC(NC1CCC3(CCCO3)CC1)CC2. The number of hydrogen-bond acceptors (Lipinski definition) is 3. The predicted molar refractivity (Wildman–Crippen MR) is 83.5 cm³/mol. The fourth-order valence-electron chi connectivity index (χ4n) is 5.25. The minimum atomic E-state index is 0.284. The summed E-state index contributed by atoms with van der Waals surface area (Å²) in [5, 5.41) is 3.96. The summed E-state index contributed by atoms with van der Waals surface area (Å²) in [6.07, 6.45) is 15.6. The van der Waals surface area contributed by atoms with Crippen molar-refractivity contribution in [2.24, 2.45) is 0 Å². The van der Waals surface area contributed by atoms with Crippen molar-refractivity contribution < 1.29 is 9.47 Å². The largest absolute Gasteiger partial charge is 0.375 e. The summed E-state index contributed by atoms with van der Waals surface area (Å²) in [5.41, 5.74) is 0.568. The van der Waals surface area contributed by atoms with Crippen LogP contribution in [0.15, 0.2) is 0 Å². The van der Waals surface area contributed by atoms with Crippen LogP contribution in [0, 0.1) is 0 Å². The first-order valence-corrected chi connectivity index (χ1v) is 9.32. The first-order chi connectivity index (χ1) is 10.3. The molecule has 0 aromatic rings. The van der Waals surface area contributed by atoms with E-state index in [4.69, 9.17) is 9.47 Å². The first-order valence-electron chi connectivity index (χ1n) is 9.32. The number of ether oxygens (including phenoxy) is 2. The van der Waals surface area contributed by atoms with Crippen molar-refractivity contribution in [3.63, 3.8) is 0 Å². The summed E-state index contributed by atoms with van der Waals surface area (Å²) >= 11 is 0. The molecule has 0 atom stereocenters. The number of nitrogens with one attached hydrogen (secondary N) is 1. The van der Waals surface area contributed by atoms with E-state index < -0.39 is 0 Å². The lowest BCUT2D eigenvalue weighted by Gasteiger charge is -2.41. The Balaban J connectivity index is 1.23. The molecule has 2 heterocycles. The van der Waals surface area contributed by atoms with E-state index in [1.165, 1.54) is 77.0 Å². The van der Waals surface area contributed by atoms with Gasteiger partial charge in [-0.25, -0.2) is 0 Å². The molecular formula is C18H31NO2. The van der Waals surface area contributed by atoms with Crippen LogP contribution < -0.4 is 5.32 Å². The molecular weight excluding hydrogens is 262 g/mol. The fourth-order valence-corrected chi connectivity index (χ4v) is 5.25. The third kappa shape index (κ3) is 3.02. The van der Waals surface area contributed by atoms with E-state index in [1.54, 1.807) is 0 Å². The van der Waals surface area contributed by atoms with Gasteiger partial charge in [0.25, 0.3) is 0 Å². The highest BCUT2D eigenvalue weighted by Crippen LogP contribution is 2.41. The van der Waals surface area contributed by atoms with Crippen LogP contribution in [-0.2, 0) is 9.47 Å². The molecule has 0 aromatic heterocycles. The van der Waals surface area contributed by atoms with Crippen molar-refractivity contribution in [2.75, 3.05) is 13.2 Å². The lowest BCUT2D eigenvalue weighted by atomic mass is 9.78. The van der Waals surface area contributed by atoms with E-state index in [2.05, 4.69) is 5.32 Å². The van der Waals surface area contributed by atoms with E-state index in [0.29, 0.717) is 0 Å². The zero-order valence-electron chi connectivity index (χ0n) is 13.4. The normalized spacial score (nSPS) is 47.4. The van der Waals surface area contributed by atoms with Crippen LogP contribution in [0.1, 0.15) is 77.0 Å². The minimum Gasteiger partial charge on any atom is -0.375 e. The monoisotopic (exact) mass is 293 g/mol. The van der Waals surface area contributed by atoms with Gasteiger partial charge in [0, 0.05) is 25.3 Å². The molecule has 0 aromatic carbocycles. The highest BCUT2D eigenvalue weighted by Gasteiger charge is 2.41. The molecule has 0 radical (unpaired) electrons. The molecule has 3 nitrogen and oxygen atoms in total. The molecule has 2 aliphatic heterocycles. The van der Waals surface area contributed by atoms with Crippen molar-refractivity contribution in [3.05, 3.63) is 0 Å². The van der Waals surface area contributed by atoms with E-state index in [0.717, 1.165) is 25.3 Å². The van der Waals surface area contributed by atoms with Crippen molar-refractivity contribution in [3.8, 4) is 0 Å². The van der Waals surface area contributed by atoms with E-state index in [1.807, 2.05) is 0 Å². The summed E-state index contributed by atoms with van der Waals surface area (Å²) in [7, 11) is 0. The highest BCUT2D eigenvalue weighted by molar-refractivity contribution is 4.96. The lowest BCUT2D eigenvalue weighted by molar-refractivity contribution is -0.0393. The summed E-state index contributed by atoms with van der Waals surface area (Å²) < 4.78 is 12.1. The van der Waals surface area contributed by atoms with Gasteiger partial charge in [-0.2, -0.15) is 0 Å². The van der Waals surface area contributed by atoms with Crippen LogP contribution in [0.3, 0.4) is 0 Å². The van der Waals surface area contributed by atoms with Crippen LogP contribution in [0.5, 0.6) is 0 Å². The highest BCUT2D eigenvalue weighted by atomic mass is 16.5. The maximum atomic E-state index is 6.04. The average Bonchev–Trinajstić information content (AvgIpc) is 3.15. The molecule has 4 rings (SSSR count). The first kappa shape index (κ1) is 14.5. The summed E-state index contributed by atoms with van der Waals surface area (Å²) in [5.74, 6) is 0. The van der Waals surface area contributed by atoms with Gasteiger partial charge in [-0.15, -0.1) is 0 Å². The van der Waals surface area contributed by atoms with Gasteiger partial charge in [-0.05, 0) is 77.0 Å². The third-order valence-electron chi connectivity index (χ3n) is 6.64. The minimum absolute atomic E-state index is 0.284. The fraction of sp³-hybridized carbons (Fsp3) is 1.00. The average molecular weight is 293 g/mol. The van der Waals surface area contributed by atoms with Crippen LogP contribution in [0.25, 0.3) is 0 Å². The molecule has 21 heavy (non-hydrogen) atoms. The van der Waals surface area contributed by atoms with Gasteiger partial charge < -0.3 is 14.8 Å². The Kier molecular flexibility index (Phi) is 4.01. The van der Waals surface area contributed by atoms with Gasteiger partial charge in [-0.1, -0.05) is 0 Å². The molecule has 0 unspecified atom stereocenters. The topological polar surface area (TPSA) is 30.5 Å². The Labute approximate surface area is 129 Å². The standard InChI is InChI=1S/C18H31NO2/c1-7-17(20-13-1)9-3-15(4-10-17)19-16-5-11-18(12-6-16)8-2-14-21-18/h15-16,19H,1-14H2. The Bertz CT molecular complexity index is 304. The molecule has 3 heteroatoms. The molecule has 1 N–H and O–H groups in total. The van der Waals surface area contributed by atoms with Crippen LogP contribution in [0.2, 0.25) is 0 Å². The van der Waals surface area contributed by atoms with Crippen molar-refractivity contribution >= 4 is 0 Å². The molecule has 2 spiro atoms. The third-order valence-corrected chi connectivity index (χ3v) is 6.64. The second-order valence-corrected chi connectivity index (χ2v) is 7.99. The Morgan fingerprint density at radius 3 is 1.38 bits per heavy atom. The zero-order valence-corrected chi connectivity index (χ0v) is 13.4. The molecule has 2 saturated carbocycles. The maximum Gasteiger partial charge on any atom is 0.0684 e. The maximum absolute atomic E-state index is 6.04. The molecule has 4 fully saturated rings. The predicted octanol–water partition coefficient (Wildman–Crippen LogP) is 3.56. The van der Waals surface area contributed by atoms with E-state index in [9.17, 15) is 0 Å². The van der Waals surface area contributed by atoms with Crippen LogP contribution in [0.4, 0.5) is 0 Å². The van der Waals surface area contributed by atoms with Gasteiger partial charge >= 0.3 is 0 Å². The molecule has 0 bridgehead atoms. The Morgan fingerprint density at radius 1 is 0.619 bits per heavy atom.